The number of carbonyl (C=O) groups is 2. The van der Waals surface area contributed by atoms with Gasteiger partial charge in [0.25, 0.3) is 5.91 Å². The zero-order valence-corrected chi connectivity index (χ0v) is 16.6. The first-order valence-corrected chi connectivity index (χ1v) is 9.51. The van der Waals surface area contributed by atoms with Gasteiger partial charge < -0.3 is 5.32 Å². The second-order valence-corrected chi connectivity index (χ2v) is 7.18. The Morgan fingerprint density at radius 3 is 2.68 bits per heavy atom. The van der Waals surface area contributed by atoms with E-state index in [4.69, 9.17) is 0 Å². The number of amides is 3. The molecular formula is C20H25N6O2+. The van der Waals surface area contributed by atoms with Crippen molar-refractivity contribution in [3.63, 3.8) is 0 Å². The molecule has 0 bridgehead atoms. The van der Waals surface area contributed by atoms with Crippen molar-refractivity contribution in [2.45, 2.75) is 32.9 Å². The van der Waals surface area contributed by atoms with Gasteiger partial charge in [-0.25, -0.2) is 13.9 Å². The van der Waals surface area contributed by atoms with E-state index in [-0.39, 0.29) is 11.9 Å². The quantitative estimate of drug-likeness (QED) is 0.804. The molecule has 0 radical (unpaired) electrons. The van der Waals surface area contributed by atoms with Gasteiger partial charge in [-0.15, -0.1) is 0 Å². The second-order valence-electron chi connectivity index (χ2n) is 7.18. The normalized spacial score (nSPS) is 18.3. The summed E-state index contributed by atoms with van der Waals surface area (Å²) >= 11 is 0. The van der Waals surface area contributed by atoms with Crippen LogP contribution >= 0.6 is 0 Å². The number of fused-ring (bicyclic) bond motifs is 3. The molecule has 28 heavy (non-hydrogen) atoms. The first-order valence-electron chi connectivity index (χ1n) is 9.51. The van der Waals surface area contributed by atoms with E-state index in [2.05, 4.69) is 33.9 Å². The number of aryl methyl sites for hydroxylation is 2. The number of carbonyl (C=O) groups excluding carboxylic acids is 2. The number of anilines is 1. The van der Waals surface area contributed by atoms with Crippen LogP contribution in [0, 0.1) is 6.92 Å². The molecule has 1 unspecified atom stereocenters. The van der Waals surface area contributed by atoms with Crippen LogP contribution in [0.3, 0.4) is 0 Å². The van der Waals surface area contributed by atoms with Gasteiger partial charge in [-0.05, 0) is 25.0 Å². The van der Waals surface area contributed by atoms with Crippen molar-refractivity contribution in [3.8, 4) is 0 Å². The number of imide groups is 1. The van der Waals surface area contributed by atoms with Crippen molar-refractivity contribution in [2.75, 3.05) is 26.0 Å². The van der Waals surface area contributed by atoms with Gasteiger partial charge in [-0.3, -0.25) is 14.6 Å². The Morgan fingerprint density at radius 1 is 1.18 bits per heavy atom. The zero-order chi connectivity index (χ0) is 20.0. The monoisotopic (exact) mass is 381 g/mol. The highest BCUT2D eigenvalue weighted by molar-refractivity contribution is 6.18. The highest BCUT2D eigenvalue weighted by atomic mass is 16.2. The molecule has 8 heteroatoms. The van der Waals surface area contributed by atoms with Crippen LogP contribution in [0.1, 0.15) is 24.2 Å². The van der Waals surface area contributed by atoms with Gasteiger partial charge in [0.1, 0.15) is 11.9 Å². The lowest BCUT2D eigenvalue weighted by Gasteiger charge is -2.30. The highest BCUT2D eigenvalue weighted by Crippen LogP contribution is 2.28. The van der Waals surface area contributed by atoms with E-state index in [1.54, 1.807) is 7.05 Å². The lowest BCUT2D eigenvalue weighted by atomic mass is 10.1. The number of likely N-dealkylation sites (N-methyl/N-ethyl adjacent to an activating group) is 2. The van der Waals surface area contributed by atoms with E-state index in [1.165, 1.54) is 17.5 Å². The number of hydrogen-bond donors (Lipinski definition) is 1. The third-order valence-corrected chi connectivity index (χ3v) is 5.49. The summed E-state index contributed by atoms with van der Waals surface area (Å²) < 4.78 is 3.95. The maximum Gasteiger partial charge on any atom is 0.401 e. The van der Waals surface area contributed by atoms with E-state index in [9.17, 15) is 9.59 Å². The van der Waals surface area contributed by atoms with Crippen molar-refractivity contribution >= 4 is 29.4 Å². The van der Waals surface area contributed by atoms with Crippen LogP contribution in [0.4, 0.5) is 16.4 Å². The zero-order valence-electron chi connectivity index (χ0n) is 16.6. The van der Waals surface area contributed by atoms with Crippen LogP contribution in [-0.4, -0.2) is 52.8 Å². The van der Waals surface area contributed by atoms with Crippen molar-refractivity contribution in [3.05, 3.63) is 41.7 Å². The number of urea groups is 1. The van der Waals surface area contributed by atoms with Crippen LogP contribution < -0.4 is 9.88 Å². The number of benzene rings is 1. The molecule has 1 N–H and O–H groups in total. The average molecular weight is 381 g/mol. The standard InChI is InChI=1S/C20H25N6O2/c1-5-14-8-6-7-9-15(14)21-10-11-25-13(2)12-26-16-17(22-19(25)26)23(3)20(28)24(4)18(16)27/h6-9,12,16,21H,5,10-11H2,1-4H3/q+1. The van der Waals surface area contributed by atoms with Gasteiger partial charge in [-0.2, -0.15) is 0 Å². The predicted octanol–water partition coefficient (Wildman–Crippen LogP) is 1.87. The molecule has 2 aliphatic rings. The van der Waals surface area contributed by atoms with Crippen LogP contribution in [-0.2, 0) is 17.8 Å². The highest BCUT2D eigenvalue weighted by Gasteiger charge is 2.52. The Labute approximate surface area is 164 Å². The molecule has 146 valence electrons. The molecule has 0 saturated carbocycles. The number of amidine groups is 1. The number of aromatic nitrogens is 2. The van der Waals surface area contributed by atoms with Gasteiger partial charge in [-0.1, -0.05) is 30.1 Å². The molecule has 1 aromatic carbocycles. The third kappa shape index (κ3) is 2.67. The summed E-state index contributed by atoms with van der Waals surface area (Å²) in [6.45, 7) is 5.59. The summed E-state index contributed by atoms with van der Waals surface area (Å²) in [6.07, 6.45) is 2.91. The third-order valence-electron chi connectivity index (χ3n) is 5.49. The van der Waals surface area contributed by atoms with E-state index < -0.39 is 6.04 Å². The SMILES string of the molecule is CCc1ccccc1NCCn1c(C)c[n+]2c1N=C1C2C(=O)N(C)C(=O)N1C. The molecule has 2 aliphatic heterocycles. The Balaban J connectivity index is 1.58. The lowest BCUT2D eigenvalue weighted by molar-refractivity contribution is -0.677. The maximum atomic E-state index is 12.7. The van der Waals surface area contributed by atoms with Gasteiger partial charge in [0.15, 0.2) is 0 Å². The summed E-state index contributed by atoms with van der Waals surface area (Å²) in [7, 11) is 3.17. The van der Waals surface area contributed by atoms with Crippen LogP contribution in [0.15, 0.2) is 35.5 Å². The topological polar surface area (TPSA) is 73.8 Å². The van der Waals surface area contributed by atoms with Gasteiger partial charge in [0.05, 0.1) is 6.54 Å². The van der Waals surface area contributed by atoms with Crippen molar-refractivity contribution in [2.24, 2.45) is 4.99 Å². The Bertz CT molecular complexity index is 993. The maximum absolute atomic E-state index is 12.7. The van der Waals surface area contributed by atoms with Crippen molar-refractivity contribution in [1.82, 2.24) is 14.4 Å². The number of hydrogen-bond acceptors (Lipinski definition) is 4. The van der Waals surface area contributed by atoms with E-state index in [0.29, 0.717) is 18.3 Å². The Hall–Kier alpha value is -3.16. The number of nitrogens with one attached hydrogen (secondary N) is 1. The van der Waals surface area contributed by atoms with Crippen molar-refractivity contribution < 1.29 is 14.2 Å². The Kier molecular flexibility index (Phi) is 4.41. The predicted molar refractivity (Wildman–Crippen MR) is 106 cm³/mol. The van der Waals surface area contributed by atoms with Gasteiger partial charge >= 0.3 is 12.0 Å². The second kappa shape index (κ2) is 6.78. The molecule has 3 heterocycles. The molecule has 8 nitrogen and oxygen atoms in total. The number of nitrogens with zero attached hydrogens (tertiary/aromatic N) is 5. The van der Waals surface area contributed by atoms with Crippen molar-refractivity contribution in [1.29, 1.82) is 0 Å². The molecular weight excluding hydrogens is 356 g/mol. The van der Waals surface area contributed by atoms with Gasteiger partial charge in [0, 0.05) is 26.3 Å². The molecule has 0 spiro atoms. The average Bonchev–Trinajstić information content (AvgIpc) is 3.20. The molecule has 0 aliphatic carbocycles. The number of aliphatic imine (C=N–C) groups is 1. The molecule has 1 fully saturated rings. The minimum absolute atomic E-state index is 0.252. The van der Waals surface area contributed by atoms with E-state index in [1.807, 2.05) is 29.8 Å². The largest absolute Gasteiger partial charge is 0.401 e. The van der Waals surface area contributed by atoms with Gasteiger partial charge in [0.2, 0.25) is 11.9 Å². The minimum atomic E-state index is -0.573. The van der Waals surface area contributed by atoms with Crippen LogP contribution in [0.25, 0.3) is 0 Å². The summed E-state index contributed by atoms with van der Waals surface area (Å²) in [4.78, 5) is 32.1. The fourth-order valence-corrected chi connectivity index (χ4v) is 3.89. The van der Waals surface area contributed by atoms with E-state index >= 15 is 0 Å². The fourth-order valence-electron chi connectivity index (χ4n) is 3.89. The molecule has 3 amide bonds. The smallest absolute Gasteiger partial charge is 0.382 e. The lowest BCUT2D eigenvalue weighted by Crippen LogP contribution is -2.61. The first kappa shape index (κ1) is 18.2. The molecule has 4 rings (SSSR count). The molecule has 2 aromatic rings. The number of imidazole rings is 1. The number of para-hydroxylation sites is 1. The summed E-state index contributed by atoms with van der Waals surface area (Å²) in [5, 5.41) is 3.50. The summed E-state index contributed by atoms with van der Waals surface area (Å²) in [6, 6.07) is 7.37. The number of rotatable bonds is 5. The summed E-state index contributed by atoms with van der Waals surface area (Å²) in [5.74, 6) is 0.935. The Morgan fingerprint density at radius 2 is 1.93 bits per heavy atom. The van der Waals surface area contributed by atoms with Crippen LogP contribution in [0.2, 0.25) is 0 Å². The van der Waals surface area contributed by atoms with E-state index in [0.717, 1.165) is 29.2 Å². The summed E-state index contributed by atoms with van der Waals surface area (Å²) in [5.41, 5.74) is 3.45. The fraction of sp³-hybridized carbons (Fsp3) is 0.400. The molecule has 1 aromatic heterocycles. The van der Waals surface area contributed by atoms with Crippen LogP contribution in [0.5, 0.6) is 0 Å². The first-order chi connectivity index (χ1) is 13.4. The molecule has 1 atom stereocenters. The minimum Gasteiger partial charge on any atom is -0.382 e. The molecule has 1 saturated heterocycles.